The van der Waals surface area contributed by atoms with Crippen LogP contribution in [0.15, 0.2) is 17.6 Å². The van der Waals surface area contributed by atoms with Crippen molar-refractivity contribution in [3.63, 3.8) is 0 Å². The Hall–Kier alpha value is -0.440. The first-order chi connectivity index (χ1) is 10.2. The van der Waals surface area contributed by atoms with Crippen molar-refractivity contribution in [3.8, 4) is 0 Å². The minimum atomic E-state index is -0.0841. The van der Waals surface area contributed by atoms with E-state index >= 15 is 0 Å². The number of piperidine rings is 1. The number of nitrogens with one attached hydrogen (secondary N) is 1. The molecule has 7 heteroatoms. The molecule has 1 aliphatic heterocycles. The molecule has 1 N–H and O–H groups in total. The highest BCUT2D eigenvalue weighted by atomic mass is 127. The van der Waals surface area contributed by atoms with Gasteiger partial charge in [0.1, 0.15) is 0 Å². The van der Waals surface area contributed by atoms with E-state index in [2.05, 4.69) is 21.8 Å². The van der Waals surface area contributed by atoms with Crippen LogP contribution in [0, 0.1) is 5.92 Å². The number of aliphatic imine (C=N–C) groups is 1. The Balaban J connectivity index is 0.00000441. The number of carbonyl (C=O) groups is 1. The molecule has 0 aromatic rings. The van der Waals surface area contributed by atoms with Crippen LogP contribution in [-0.2, 0) is 9.53 Å². The molecule has 1 atom stereocenters. The maximum absolute atomic E-state index is 11.9. The van der Waals surface area contributed by atoms with E-state index in [1.165, 1.54) is 0 Å². The van der Waals surface area contributed by atoms with E-state index in [4.69, 9.17) is 4.74 Å². The molecule has 0 bridgehead atoms. The van der Waals surface area contributed by atoms with E-state index in [9.17, 15) is 4.79 Å². The lowest BCUT2D eigenvalue weighted by molar-refractivity contribution is -0.149. The summed E-state index contributed by atoms with van der Waals surface area (Å²) in [7, 11) is 1.78. The summed E-state index contributed by atoms with van der Waals surface area (Å²) in [5.41, 5.74) is 0. The Labute approximate surface area is 155 Å². The number of nitrogens with zero attached hydrogens (tertiary/aromatic N) is 2. The van der Waals surface area contributed by atoms with Crippen LogP contribution in [0.5, 0.6) is 0 Å². The molecule has 1 aliphatic rings. The summed E-state index contributed by atoms with van der Waals surface area (Å²) in [4.78, 5) is 18.3. The molecule has 128 valence electrons. The zero-order chi connectivity index (χ0) is 15.5. The van der Waals surface area contributed by atoms with E-state index < -0.39 is 0 Å². The largest absolute Gasteiger partial charge is 0.466 e. The first-order valence-electron chi connectivity index (χ1n) is 7.53. The van der Waals surface area contributed by atoms with Gasteiger partial charge in [0.05, 0.1) is 12.5 Å². The van der Waals surface area contributed by atoms with E-state index in [-0.39, 0.29) is 35.9 Å². The fourth-order valence-electron chi connectivity index (χ4n) is 2.36. The Morgan fingerprint density at radius 3 is 3.00 bits per heavy atom. The van der Waals surface area contributed by atoms with Crippen molar-refractivity contribution in [2.45, 2.75) is 19.8 Å². The van der Waals surface area contributed by atoms with Crippen LogP contribution in [0.2, 0.25) is 0 Å². The first-order valence-corrected chi connectivity index (χ1v) is 8.69. The second-order valence-corrected chi connectivity index (χ2v) is 6.02. The van der Waals surface area contributed by atoms with Gasteiger partial charge in [-0.1, -0.05) is 6.08 Å². The van der Waals surface area contributed by atoms with Gasteiger partial charge in [0.2, 0.25) is 0 Å². The van der Waals surface area contributed by atoms with E-state index in [0.717, 1.165) is 43.4 Å². The number of halogens is 1. The monoisotopic (exact) mass is 441 g/mol. The van der Waals surface area contributed by atoms with Gasteiger partial charge in [-0.2, -0.15) is 11.8 Å². The number of rotatable bonds is 7. The van der Waals surface area contributed by atoms with Gasteiger partial charge < -0.3 is 15.0 Å². The Morgan fingerprint density at radius 1 is 1.59 bits per heavy atom. The van der Waals surface area contributed by atoms with Crippen molar-refractivity contribution in [2.75, 3.05) is 44.8 Å². The number of esters is 1. The summed E-state index contributed by atoms with van der Waals surface area (Å²) in [5, 5.41) is 3.36. The van der Waals surface area contributed by atoms with E-state index in [0.29, 0.717) is 13.2 Å². The molecule has 0 aromatic heterocycles. The highest BCUT2D eigenvalue weighted by molar-refractivity contribution is 14.0. The summed E-state index contributed by atoms with van der Waals surface area (Å²) in [5.74, 6) is 2.74. The van der Waals surface area contributed by atoms with Gasteiger partial charge >= 0.3 is 5.97 Å². The summed E-state index contributed by atoms with van der Waals surface area (Å²) in [6, 6.07) is 0. The molecule has 1 fully saturated rings. The molecule has 22 heavy (non-hydrogen) atoms. The van der Waals surface area contributed by atoms with Gasteiger partial charge in [0.15, 0.2) is 5.96 Å². The molecule has 0 radical (unpaired) electrons. The standard InChI is InChI=1S/C15H27N3O2S.HI/c1-4-10-21-11-8-17-15(16-3)18-9-6-7-13(12-18)14(19)20-5-2;/h4,13H,1,5-12H2,2-3H3,(H,16,17);1H/t13-;/m0./s1. The van der Waals surface area contributed by atoms with Crippen molar-refractivity contribution in [2.24, 2.45) is 10.9 Å². The molecule has 0 aliphatic carbocycles. The highest BCUT2D eigenvalue weighted by Gasteiger charge is 2.28. The average molecular weight is 441 g/mol. The molecule has 0 aromatic carbocycles. The molecule has 0 saturated carbocycles. The fourth-order valence-corrected chi connectivity index (χ4v) is 2.94. The number of ether oxygens (including phenoxy) is 1. The van der Waals surface area contributed by atoms with Crippen molar-refractivity contribution in [1.29, 1.82) is 0 Å². The molecular formula is C15H28IN3O2S. The predicted molar refractivity (Wildman–Crippen MR) is 105 cm³/mol. The second-order valence-electron chi connectivity index (χ2n) is 4.87. The molecule has 1 saturated heterocycles. The van der Waals surface area contributed by atoms with Crippen molar-refractivity contribution < 1.29 is 9.53 Å². The number of thioether (sulfide) groups is 1. The van der Waals surface area contributed by atoms with E-state index in [1.54, 1.807) is 7.05 Å². The highest BCUT2D eigenvalue weighted by Crippen LogP contribution is 2.18. The summed E-state index contributed by atoms with van der Waals surface area (Å²) in [6.07, 6.45) is 3.81. The first kappa shape index (κ1) is 21.6. The summed E-state index contributed by atoms with van der Waals surface area (Å²) < 4.78 is 5.13. The van der Waals surface area contributed by atoms with E-state index in [1.807, 2.05) is 24.8 Å². The van der Waals surface area contributed by atoms with Crippen LogP contribution in [0.3, 0.4) is 0 Å². The van der Waals surface area contributed by atoms with Crippen LogP contribution < -0.4 is 5.32 Å². The molecule has 0 unspecified atom stereocenters. The van der Waals surface area contributed by atoms with Crippen LogP contribution in [0.25, 0.3) is 0 Å². The van der Waals surface area contributed by atoms with Gasteiger partial charge in [-0.05, 0) is 19.8 Å². The topological polar surface area (TPSA) is 53.9 Å². The number of hydrogen-bond donors (Lipinski definition) is 1. The molecule has 0 spiro atoms. The van der Waals surface area contributed by atoms with Crippen LogP contribution >= 0.6 is 35.7 Å². The lowest BCUT2D eigenvalue weighted by Gasteiger charge is -2.33. The Kier molecular flexibility index (Phi) is 12.8. The van der Waals surface area contributed by atoms with Crippen LogP contribution in [-0.4, -0.2) is 61.6 Å². The lowest BCUT2D eigenvalue weighted by atomic mass is 9.98. The number of hydrogen-bond acceptors (Lipinski definition) is 4. The molecule has 0 amide bonds. The fraction of sp³-hybridized carbons (Fsp3) is 0.733. The van der Waals surface area contributed by atoms with Gasteiger partial charge in [0, 0.05) is 38.2 Å². The third kappa shape index (κ3) is 7.71. The summed E-state index contributed by atoms with van der Waals surface area (Å²) in [6.45, 7) is 8.50. The zero-order valence-electron chi connectivity index (χ0n) is 13.5. The number of carbonyl (C=O) groups excluding carboxylic acids is 1. The maximum atomic E-state index is 11.9. The molecule has 1 heterocycles. The zero-order valence-corrected chi connectivity index (χ0v) is 16.7. The molecule has 1 rings (SSSR count). The van der Waals surface area contributed by atoms with Crippen molar-refractivity contribution >= 4 is 47.7 Å². The number of guanidine groups is 1. The SMILES string of the molecule is C=CCSCCNC(=NC)N1CCC[C@H](C(=O)OCC)C1.I. The Bertz CT molecular complexity index is 367. The van der Waals surface area contributed by atoms with Gasteiger partial charge in [-0.3, -0.25) is 9.79 Å². The van der Waals surface area contributed by atoms with Crippen LogP contribution in [0.1, 0.15) is 19.8 Å². The normalized spacial score (nSPS) is 18.4. The maximum Gasteiger partial charge on any atom is 0.310 e. The van der Waals surface area contributed by atoms with Crippen LogP contribution in [0.4, 0.5) is 0 Å². The predicted octanol–water partition coefficient (Wildman–Crippen LogP) is 2.37. The minimum Gasteiger partial charge on any atom is -0.466 e. The molecular weight excluding hydrogens is 413 g/mol. The van der Waals surface area contributed by atoms with Gasteiger partial charge in [0.25, 0.3) is 0 Å². The van der Waals surface area contributed by atoms with Gasteiger partial charge in [-0.25, -0.2) is 0 Å². The number of likely N-dealkylation sites (tertiary alicyclic amines) is 1. The minimum absolute atomic E-state index is 0. The third-order valence-corrected chi connectivity index (χ3v) is 4.28. The van der Waals surface area contributed by atoms with Crippen molar-refractivity contribution in [1.82, 2.24) is 10.2 Å². The summed E-state index contributed by atoms with van der Waals surface area (Å²) >= 11 is 1.84. The van der Waals surface area contributed by atoms with Crippen molar-refractivity contribution in [3.05, 3.63) is 12.7 Å². The lowest BCUT2D eigenvalue weighted by Crippen LogP contribution is -2.48. The third-order valence-electron chi connectivity index (χ3n) is 3.32. The second kappa shape index (κ2) is 13.0. The molecule has 5 nitrogen and oxygen atoms in total. The Morgan fingerprint density at radius 2 is 2.36 bits per heavy atom. The quantitative estimate of drug-likeness (QED) is 0.164. The average Bonchev–Trinajstić information content (AvgIpc) is 2.51. The smallest absolute Gasteiger partial charge is 0.310 e. The van der Waals surface area contributed by atoms with Gasteiger partial charge in [-0.15, -0.1) is 30.6 Å².